The van der Waals surface area contributed by atoms with Crippen molar-refractivity contribution in [1.82, 2.24) is 14.7 Å². The third-order valence-electron chi connectivity index (χ3n) is 4.53. The van der Waals surface area contributed by atoms with Gasteiger partial charge in [-0.15, -0.1) is 13.2 Å². The van der Waals surface area contributed by atoms with Crippen LogP contribution in [-0.4, -0.2) is 46.4 Å². The Morgan fingerprint density at radius 3 is 2.62 bits per heavy atom. The van der Waals surface area contributed by atoms with Crippen molar-refractivity contribution in [1.29, 1.82) is 0 Å². The Hall–Kier alpha value is -2.82. The molecule has 0 bridgehead atoms. The van der Waals surface area contributed by atoms with E-state index < -0.39 is 47.3 Å². The molecule has 1 fully saturated rings. The standard InChI is InChI=1S/C17H15ClF4N4O3/c1-25-7-9(8-6-23-26(2)14(8)18)12(16(25)28)15(27)24-11-5-3-4-10(19)13(11)29-17(20,21)22/h3-6,9,12H,7H2,1-2H3,(H,24,27)/t9-,12+/m1/s1. The monoisotopic (exact) mass is 434 g/mol. The highest BCUT2D eigenvalue weighted by atomic mass is 35.5. The number of aromatic nitrogens is 2. The number of anilines is 1. The topological polar surface area (TPSA) is 76.5 Å². The van der Waals surface area contributed by atoms with Crippen LogP contribution in [0.4, 0.5) is 23.2 Å². The summed E-state index contributed by atoms with van der Waals surface area (Å²) in [6, 6.07) is 2.90. The van der Waals surface area contributed by atoms with Gasteiger partial charge in [-0.2, -0.15) is 5.10 Å². The number of aryl methyl sites for hydroxylation is 1. The van der Waals surface area contributed by atoms with Crippen molar-refractivity contribution in [3.63, 3.8) is 0 Å². The van der Waals surface area contributed by atoms with Crippen LogP contribution in [0.3, 0.4) is 0 Å². The number of hydrogen-bond acceptors (Lipinski definition) is 4. The molecular formula is C17H15ClF4N4O3. The fraction of sp³-hybridized carbons (Fsp3) is 0.353. The van der Waals surface area contributed by atoms with Gasteiger partial charge in [-0.05, 0) is 12.1 Å². The predicted molar refractivity (Wildman–Crippen MR) is 93.8 cm³/mol. The second-order valence-electron chi connectivity index (χ2n) is 6.47. The van der Waals surface area contributed by atoms with Gasteiger partial charge >= 0.3 is 6.36 Å². The zero-order valence-corrected chi connectivity index (χ0v) is 15.9. The van der Waals surface area contributed by atoms with Crippen LogP contribution in [0, 0.1) is 11.7 Å². The number of ether oxygens (including phenoxy) is 1. The van der Waals surface area contributed by atoms with Gasteiger partial charge in [0.25, 0.3) is 0 Å². The molecule has 0 spiro atoms. The summed E-state index contributed by atoms with van der Waals surface area (Å²) in [7, 11) is 3.06. The van der Waals surface area contributed by atoms with E-state index in [9.17, 15) is 27.2 Å². The van der Waals surface area contributed by atoms with E-state index in [-0.39, 0.29) is 11.7 Å². The Kier molecular flexibility index (Phi) is 5.44. The molecule has 1 N–H and O–H groups in total. The molecule has 1 aliphatic rings. The van der Waals surface area contributed by atoms with Gasteiger partial charge in [0.2, 0.25) is 11.8 Å². The van der Waals surface area contributed by atoms with Crippen LogP contribution < -0.4 is 10.1 Å². The number of halogens is 5. The van der Waals surface area contributed by atoms with Crippen molar-refractivity contribution in [2.75, 3.05) is 18.9 Å². The fourth-order valence-corrected chi connectivity index (χ4v) is 3.43. The number of likely N-dealkylation sites (N-methyl/N-ethyl adjacent to an activating group) is 1. The van der Waals surface area contributed by atoms with Gasteiger partial charge in [0.15, 0.2) is 11.6 Å². The van der Waals surface area contributed by atoms with E-state index in [4.69, 9.17) is 11.6 Å². The van der Waals surface area contributed by atoms with Crippen LogP contribution >= 0.6 is 11.6 Å². The SMILES string of the molecule is CN1C[C@H](c2cnn(C)c2Cl)[C@@H](C(=O)Nc2cccc(F)c2OC(F)(F)F)C1=O. The number of para-hydroxylation sites is 1. The van der Waals surface area contributed by atoms with Gasteiger partial charge in [0, 0.05) is 32.1 Å². The van der Waals surface area contributed by atoms with Crippen molar-refractivity contribution in [2.24, 2.45) is 13.0 Å². The summed E-state index contributed by atoms with van der Waals surface area (Å²) in [5.41, 5.74) is -0.108. The third kappa shape index (κ3) is 4.14. The number of rotatable bonds is 4. The summed E-state index contributed by atoms with van der Waals surface area (Å²) in [5, 5.41) is 6.38. The Labute approximate surface area is 167 Å². The van der Waals surface area contributed by atoms with Crippen LogP contribution in [0.2, 0.25) is 5.15 Å². The van der Waals surface area contributed by atoms with Crippen LogP contribution in [0.25, 0.3) is 0 Å². The summed E-state index contributed by atoms with van der Waals surface area (Å²) in [5.74, 6) is -5.95. The number of nitrogens with one attached hydrogen (secondary N) is 1. The number of amides is 2. The second-order valence-corrected chi connectivity index (χ2v) is 6.83. The van der Waals surface area contributed by atoms with Crippen LogP contribution in [-0.2, 0) is 16.6 Å². The first kappa shape index (κ1) is 20.9. The fourth-order valence-electron chi connectivity index (χ4n) is 3.20. The number of likely N-dealkylation sites (tertiary alicyclic amines) is 1. The Morgan fingerprint density at radius 2 is 2.03 bits per heavy atom. The maximum Gasteiger partial charge on any atom is 0.573 e. The number of nitrogens with zero attached hydrogens (tertiary/aromatic N) is 3. The lowest BCUT2D eigenvalue weighted by Crippen LogP contribution is -2.33. The van der Waals surface area contributed by atoms with Gasteiger partial charge in [0.1, 0.15) is 11.1 Å². The first-order valence-electron chi connectivity index (χ1n) is 8.27. The van der Waals surface area contributed by atoms with Crippen molar-refractivity contribution >= 4 is 29.1 Å². The van der Waals surface area contributed by atoms with Crippen LogP contribution in [0.15, 0.2) is 24.4 Å². The average molecular weight is 435 g/mol. The second kappa shape index (κ2) is 7.54. The minimum Gasteiger partial charge on any atom is -0.400 e. The zero-order valence-electron chi connectivity index (χ0n) is 15.1. The molecule has 156 valence electrons. The zero-order chi connectivity index (χ0) is 21.5. The van der Waals surface area contributed by atoms with Gasteiger partial charge in [0.05, 0.1) is 11.9 Å². The number of carbonyl (C=O) groups excluding carboxylic acids is 2. The Morgan fingerprint density at radius 1 is 1.34 bits per heavy atom. The normalized spacial score (nSPS) is 19.6. The predicted octanol–water partition coefficient (Wildman–Crippen LogP) is 2.92. The maximum absolute atomic E-state index is 13.9. The highest BCUT2D eigenvalue weighted by Crippen LogP contribution is 2.38. The summed E-state index contributed by atoms with van der Waals surface area (Å²) in [6.45, 7) is 0.150. The molecular weight excluding hydrogens is 420 g/mol. The molecule has 2 aromatic rings. The number of alkyl halides is 3. The van der Waals surface area contributed by atoms with Gasteiger partial charge in [-0.25, -0.2) is 4.39 Å². The molecule has 0 aliphatic carbocycles. The molecule has 1 aliphatic heterocycles. The van der Waals surface area contributed by atoms with Crippen molar-refractivity contribution < 1.29 is 31.9 Å². The minimum atomic E-state index is -5.17. The molecule has 1 aromatic heterocycles. The summed E-state index contributed by atoms with van der Waals surface area (Å²) >= 11 is 6.18. The van der Waals surface area contributed by atoms with Crippen molar-refractivity contribution in [3.8, 4) is 5.75 Å². The van der Waals surface area contributed by atoms with E-state index in [1.165, 1.54) is 22.8 Å². The molecule has 3 rings (SSSR count). The van der Waals surface area contributed by atoms with E-state index in [0.717, 1.165) is 18.2 Å². The summed E-state index contributed by atoms with van der Waals surface area (Å²) in [6.07, 6.45) is -3.75. The molecule has 2 heterocycles. The first-order chi connectivity index (χ1) is 13.5. The molecule has 0 radical (unpaired) electrons. The molecule has 7 nitrogen and oxygen atoms in total. The van der Waals surface area contributed by atoms with Gasteiger partial charge in [-0.1, -0.05) is 17.7 Å². The molecule has 2 atom stereocenters. The molecule has 0 saturated carbocycles. The Balaban J connectivity index is 1.92. The molecule has 12 heteroatoms. The third-order valence-corrected chi connectivity index (χ3v) is 4.99. The highest BCUT2D eigenvalue weighted by molar-refractivity contribution is 6.30. The van der Waals surface area contributed by atoms with E-state index in [0.29, 0.717) is 5.56 Å². The van der Waals surface area contributed by atoms with E-state index >= 15 is 0 Å². The summed E-state index contributed by atoms with van der Waals surface area (Å²) < 4.78 is 56.7. The largest absolute Gasteiger partial charge is 0.573 e. The van der Waals surface area contributed by atoms with E-state index in [1.807, 2.05) is 0 Å². The van der Waals surface area contributed by atoms with Gasteiger partial charge < -0.3 is 15.0 Å². The molecule has 2 amide bonds. The van der Waals surface area contributed by atoms with Crippen LogP contribution in [0.1, 0.15) is 11.5 Å². The number of carbonyl (C=O) groups is 2. The average Bonchev–Trinajstić information content (AvgIpc) is 3.09. The molecule has 1 saturated heterocycles. The first-order valence-corrected chi connectivity index (χ1v) is 8.65. The lowest BCUT2D eigenvalue weighted by atomic mass is 9.89. The Bertz CT molecular complexity index is 963. The number of hydrogen-bond donors (Lipinski definition) is 1. The lowest BCUT2D eigenvalue weighted by Gasteiger charge is -2.18. The number of benzene rings is 1. The maximum atomic E-state index is 13.9. The van der Waals surface area contributed by atoms with Crippen molar-refractivity contribution in [2.45, 2.75) is 12.3 Å². The molecule has 29 heavy (non-hydrogen) atoms. The minimum absolute atomic E-state index is 0.150. The smallest absolute Gasteiger partial charge is 0.400 e. The highest BCUT2D eigenvalue weighted by Gasteiger charge is 2.46. The molecule has 0 unspecified atom stereocenters. The lowest BCUT2D eigenvalue weighted by molar-refractivity contribution is -0.275. The quantitative estimate of drug-likeness (QED) is 0.593. The van der Waals surface area contributed by atoms with E-state index in [2.05, 4.69) is 15.2 Å². The summed E-state index contributed by atoms with van der Waals surface area (Å²) in [4.78, 5) is 26.6. The van der Waals surface area contributed by atoms with Crippen LogP contribution in [0.5, 0.6) is 5.75 Å². The molecule has 1 aromatic carbocycles. The van der Waals surface area contributed by atoms with E-state index in [1.54, 1.807) is 7.05 Å². The van der Waals surface area contributed by atoms with Gasteiger partial charge in [-0.3, -0.25) is 14.3 Å². The van der Waals surface area contributed by atoms with Crippen molar-refractivity contribution in [3.05, 3.63) is 40.9 Å².